The normalized spacial score (nSPS) is 14.7. The molecule has 0 radical (unpaired) electrons. The maximum atomic E-state index is 12.4. The van der Waals surface area contributed by atoms with Gasteiger partial charge in [-0.3, -0.25) is 9.59 Å². The number of likely N-dealkylation sites (tertiary alicyclic amines) is 1. The highest BCUT2D eigenvalue weighted by Gasteiger charge is 2.25. The summed E-state index contributed by atoms with van der Waals surface area (Å²) >= 11 is 0. The molecule has 0 bridgehead atoms. The Morgan fingerprint density at radius 2 is 1.96 bits per heavy atom. The monoisotopic (exact) mass is 361 g/mol. The molecule has 0 unspecified atom stereocenters. The van der Waals surface area contributed by atoms with Crippen LogP contribution in [0.25, 0.3) is 0 Å². The zero-order chi connectivity index (χ0) is 19.1. The Hall–Kier alpha value is -2.57. The van der Waals surface area contributed by atoms with E-state index in [-0.39, 0.29) is 30.5 Å². The third-order valence-corrected chi connectivity index (χ3v) is 4.38. The molecule has 1 saturated heterocycles. The molecule has 1 heterocycles. The first-order valence-electron chi connectivity index (χ1n) is 8.96. The van der Waals surface area contributed by atoms with E-state index in [2.05, 4.69) is 5.32 Å². The molecule has 1 N–H and O–H groups in total. The number of hydrogen-bond acceptors (Lipinski definition) is 4. The molecule has 142 valence electrons. The molecule has 1 aromatic rings. The molecule has 3 amide bonds. The third kappa shape index (κ3) is 5.47. The van der Waals surface area contributed by atoms with Crippen LogP contribution in [0.3, 0.4) is 0 Å². The van der Waals surface area contributed by atoms with Crippen LogP contribution in [-0.4, -0.2) is 55.1 Å². The molecule has 0 saturated carbocycles. The molecule has 0 spiro atoms. The van der Waals surface area contributed by atoms with Gasteiger partial charge in [0.25, 0.3) is 0 Å². The molecule has 1 fully saturated rings. The van der Waals surface area contributed by atoms with Gasteiger partial charge in [0, 0.05) is 31.7 Å². The summed E-state index contributed by atoms with van der Waals surface area (Å²) in [6.45, 7) is 6.62. The molecule has 1 aliphatic rings. The minimum Gasteiger partial charge on any atom is -0.450 e. The summed E-state index contributed by atoms with van der Waals surface area (Å²) in [5.74, 6) is -0.376. The van der Waals surface area contributed by atoms with Crippen LogP contribution in [0, 0.1) is 6.92 Å². The number of nitrogens with zero attached hydrogens (tertiary/aromatic N) is 2. The maximum absolute atomic E-state index is 12.4. The lowest BCUT2D eigenvalue weighted by Gasteiger charge is -2.32. The number of aryl methyl sites for hydroxylation is 1. The highest BCUT2D eigenvalue weighted by atomic mass is 16.6. The van der Waals surface area contributed by atoms with Crippen LogP contribution in [0.4, 0.5) is 10.5 Å². The number of nitrogens with one attached hydrogen (secondary N) is 1. The first kappa shape index (κ1) is 19.8. The van der Waals surface area contributed by atoms with Crippen molar-refractivity contribution in [2.45, 2.75) is 39.7 Å². The minimum atomic E-state index is -0.306. The Labute approximate surface area is 154 Å². The van der Waals surface area contributed by atoms with Crippen LogP contribution in [-0.2, 0) is 14.3 Å². The van der Waals surface area contributed by atoms with Gasteiger partial charge in [0.1, 0.15) is 6.54 Å². The molecule has 7 nitrogen and oxygen atoms in total. The summed E-state index contributed by atoms with van der Waals surface area (Å²) in [7, 11) is 0. The van der Waals surface area contributed by atoms with E-state index < -0.39 is 0 Å². The number of piperidine rings is 1. The molecule has 1 aromatic carbocycles. The predicted molar refractivity (Wildman–Crippen MR) is 99.0 cm³/mol. The van der Waals surface area contributed by atoms with E-state index >= 15 is 0 Å². The summed E-state index contributed by atoms with van der Waals surface area (Å²) in [4.78, 5) is 39.2. The topological polar surface area (TPSA) is 79.0 Å². The summed E-state index contributed by atoms with van der Waals surface area (Å²) in [5, 5.41) is 2.97. The smallest absolute Gasteiger partial charge is 0.409 e. The van der Waals surface area contributed by atoms with Gasteiger partial charge in [-0.25, -0.2) is 4.79 Å². The van der Waals surface area contributed by atoms with Crippen LogP contribution in [0.1, 0.15) is 32.3 Å². The van der Waals surface area contributed by atoms with Gasteiger partial charge in [-0.05, 0) is 44.4 Å². The first-order valence-corrected chi connectivity index (χ1v) is 8.96. The Balaban J connectivity index is 1.87. The van der Waals surface area contributed by atoms with E-state index in [1.807, 2.05) is 31.2 Å². The Bertz CT molecular complexity index is 654. The summed E-state index contributed by atoms with van der Waals surface area (Å²) in [6, 6.07) is 7.51. The largest absolute Gasteiger partial charge is 0.450 e. The molecular weight excluding hydrogens is 334 g/mol. The van der Waals surface area contributed by atoms with Crippen molar-refractivity contribution in [3.8, 4) is 0 Å². The zero-order valence-electron chi connectivity index (χ0n) is 15.7. The minimum absolute atomic E-state index is 0.000468. The van der Waals surface area contributed by atoms with E-state index in [1.54, 1.807) is 11.8 Å². The lowest BCUT2D eigenvalue weighted by atomic mass is 10.1. The Morgan fingerprint density at radius 1 is 1.27 bits per heavy atom. The van der Waals surface area contributed by atoms with E-state index in [4.69, 9.17) is 4.74 Å². The second-order valence-corrected chi connectivity index (χ2v) is 6.47. The second-order valence-electron chi connectivity index (χ2n) is 6.47. The van der Waals surface area contributed by atoms with Crippen molar-refractivity contribution in [3.05, 3.63) is 29.8 Å². The van der Waals surface area contributed by atoms with Crippen LogP contribution < -0.4 is 10.2 Å². The van der Waals surface area contributed by atoms with Crippen LogP contribution in [0.2, 0.25) is 0 Å². The number of amides is 3. The van der Waals surface area contributed by atoms with E-state index in [0.29, 0.717) is 38.2 Å². The fraction of sp³-hybridized carbons (Fsp3) is 0.526. The SMILES string of the molecule is CCOC(=O)N1CCC(NC(=O)CN(C(C)=O)c2cccc(C)c2)CC1. The molecule has 0 aromatic heterocycles. The molecule has 0 atom stereocenters. The average molecular weight is 361 g/mol. The highest BCUT2D eigenvalue weighted by Crippen LogP contribution is 2.16. The molecule has 0 aliphatic carbocycles. The fourth-order valence-corrected chi connectivity index (χ4v) is 3.02. The van der Waals surface area contributed by atoms with Gasteiger partial charge in [-0.2, -0.15) is 0 Å². The highest BCUT2D eigenvalue weighted by molar-refractivity contribution is 5.97. The van der Waals surface area contributed by atoms with Gasteiger partial charge in [0.05, 0.1) is 6.61 Å². The van der Waals surface area contributed by atoms with Crippen molar-refractivity contribution in [1.29, 1.82) is 0 Å². The predicted octanol–water partition coefficient (Wildman–Crippen LogP) is 2.09. The van der Waals surface area contributed by atoms with Crippen LogP contribution >= 0.6 is 0 Å². The number of benzene rings is 1. The van der Waals surface area contributed by atoms with Crippen molar-refractivity contribution in [2.75, 3.05) is 31.1 Å². The number of carbonyl (C=O) groups is 3. The van der Waals surface area contributed by atoms with E-state index in [1.165, 1.54) is 11.8 Å². The lowest BCUT2D eigenvalue weighted by molar-refractivity contribution is -0.123. The van der Waals surface area contributed by atoms with E-state index in [0.717, 1.165) is 5.56 Å². The molecule has 26 heavy (non-hydrogen) atoms. The zero-order valence-corrected chi connectivity index (χ0v) is 15.7. The standard InChI is InChI=1S/C19H27N3O4/c1-4-26-19(25)21-10-8-16(9-11-21)20-18(24)13-22(15(3)23)17-7-5-6-14(2)12-17/h5-7,12,16H,4,8-11,13H2,1-3H3,(H,20,24). The fourth-order valence-electron chi connectivity index (χ4n) is 3.02. The van der Waals surface area contributed by atoms with Crippen molar-refractivity contribution in [3.63, 3.8) is 0 Å². The lowest BCUT2D eigenvalue weighted by Crippen LogP contribution is -2.49. The van der Waals surface area contributed by atoms with Crippen LogP contribution in [0.5, 0.6) is 0 Å². The van der Waals surface area contributed by atoms with Gasteiger partial charge in [-0.1, -0.05) is 12.1 Å². The van der Waals surface area contributed by atoms with Gasteiger partial charge >= 0.3 is 6.09 Å². The maximum Gasteiger partial charge on any atom is 0.409 e. The summed E-state index contributed by atoms with van der Waals surface area (Å²) < 4.78 is 4.99. The molecule has 7 heteroatoms. The summed E-state index contributed by atoms with van der Waals surface area (Å²) in [6.07, 6.45) is 1.05. The number of carbonyl (C=O) groups excluding carboxylic acids is 3. The van der Waals surface area contributed by atoms with Gasteiger partial charge in [0.2, 0.25) is 11.8 Å². The van der Waals surface area contributed by atoms with Crippen molar-refractivity contribution in [1.82, 2.24) is 10.2 Å². The van der Waals surface area contributed by atoms with Crippen molar-refractivity contribution < 1.29 is 19.1 Å². The summed E-state index contributed by atoms with van der Waals surface area (Å²) in [5.41, 5.74) is 1.74. The Morgan fingerprint density at radius 3 is 2.54 bits per heavy atom. The van der Waals surface area contributed by atoms with Crippen molar-refractivity contribution in [2.24, 2.45) is 0 Å². The molecule has 2 rings (SSSR count). The quantitative estimate of drug-likeness (QED) is 0.871. The third-order valence-electron chi connectivity index (χ3n) is 4.38. The van der Waals surface area contributed by atoms with Gasteiger partial charge < -0.3 is 19.9 Å². The molecule has 1 aliphatic heterocycles. The number of rotatable bonds is 5. The average Bonchev–Trinajstić information content (AvgIpc) is 2.60. The van der Waals surface area contributed by atoms with Gasteiger partial charge in [-0.15, -0.1) is 0 Å². The first-order chi connectivity index (χ1) is 12.4. The van der Waals surface area contributed by atoms with Crippen molar-refractivity contribution >= 4 is 23.6 Å². The Kier molecular flexibility index (Phi) is 7.00. The van der Waals surface area contributed by atoms with E-state index in [9.17, 15) is 14.4 Å². The van der Waals surface area contributed by atoms with Gasteiger partial charge in [0.15, 0.2) is 0 Å². The second kappa shape index (κ2) is 9.22. The van der Waals surface area contributed by atoms with Crippen LogP contribution in [0.15, 0.2) is 24.3 Å². The molecular formula is C19H27N3O4. The number of anilines is 1. The number of ether oxygens (including phenoxy) is 1. The number of hydrogen-bond donors (Lipinski definition) is 1.